The number of aryl methyl sites for hydroxylation is 1. The number of aromatic nitrogens is 2. The molecule has 0 radical (unpaired) electrons. The molecule has 3 nitrogen and oxygen atoms in total. The molecule has 0 aliphatic carbocycles. The van der Waals surface area contributed by atoms with Gasteiger partial charge in [0, 0.05) is 12.4 Å². The molecule has 0 N–H and O–H groups in total. The van der Waals surface area contributed by atoms with Crippen molar-refractivity contribution in [3.8, 4) is 6.07 Å². The van der Waals surface area contributed by atoms with E-state index in [-0.39, 0.29) is 6.04 Å². The average Bonchev–Trinajstić information content (AvgIpc) is 2.34. The van der Waals surface area contributed by atoms with Gasteiger partial charge in [-0.25, -0.2) is 4.98 Å². The number of nitriles is 1. The molecule has 0 bridgehead atoms. The zero-order chi connectivity index (χ0) is 7.56. The molecule has 1 atom stereocenters. The highest BCUT2D eigenvalue weighted by Gasteiger charge is 2.02. The number of hydrogen-bond acceptors (Lipinski definition) is 2. The quantitative estimate of drug-likeness (QED) is 0.582. The van der Waals surface area contributed by atoms with Gasteiger partial charge in [0.05, 0.1) is 6.07 Å². The van der Waals surface area contributed by atoms with Crippen LogP contribution in [0.3, 0.4) is 0 Å². The SMILES string of the molecule is Cc1nccn1C(C)C#N. The molecule has 1 rings (SSSR count). The van der Waals surface area contributed by atoms with Crippen molar-refractivity contribution in [1.82, 2.24) is 9.55 Å². The number of imidazole rings is 1. The summed E-state index contributed by atoms with van der Waals surface area (Å²) >= 11 is 0. The maximum atomic E-state index is 8.53. The van der Waals surface area contributed by atoms with Crippen molar-refractivity contribution in [2.75, 3.05) is 0 Å². The summed E-state index contributed by atoms with van der Waals surface area (Å²) in [6.07, 6.45) is 3.51. The van der Waals surface area contributed by atoms with Gasteiger partial charge in [0.2, 0.25) is 0 Å². The van der Waals surface area contributed by atoms with Gasteiger partial charge in [-0.3, -0.25) is 0 Å². The zero-order valence-corrected chi connectivity index (χ0v) is 6.07. The van der Waals surface area contributed by atoms with Crippen LogP contribution >= 0.6 is 0 Å². The molecule has 1 unspecified atom stereocenters. The molecule has 0 amide bonds. The molecular formula is C7H9N3. The second-order valence-electron chi connectivity index (χ2n) is 2.19. The van der Waals surface area contributed by atoms with Crippen LogP contribution in [0.15, 0.2) is 12.4 Å². The molecule has 3 heteroatoms. The summed E-state index contributed by atoms with van der Waals surface area (Å²) in [7, 11) is 0. The first-order valence-corrected chi connectivity index (χ1v) is 3.14. The summed E-state index contributed by atoms with van der Waals surface area (Å²) in [6.45, 7) is 3.72. The van der Waals surface area contributed by atoms with Gasteiger partial charge in [-0.15, -0.1) is 0 Å². The standard InChI is InChI=1S/C7H9N3/c1-6(5-8)10-4-3-9-7(10)2/h3-4,6H,1-2H3. The van der Waals surface area contributed by atoms with E-state index in [1.165, 1.54) is 0 Å². The summed E-state index contributed by atoms with van der Waals surface area (Å²) in [4.78, 5) is 4.00. The van der Waals surface area contributed by atoms with Crippen LogP contribution in [-0.4, -0.2) is 9.55 Å². The van der Waals surface area contributed by atoms with Gasteiger partial charge in [0.1, 0.15) is 11.9 Å². The molecule has 0 saturated carbocycles. The molecule has 0 aliphatic heterocycles. The Morgan fingerprint density at radius 3 is 2.90 bits per heavy atom. The Labute approximate surface area is 59.9 Å². The van der Waals surface area contributed by atoms with Crippen LogP contribution < -0.4 is 0 Å². The Kier molecular flexibility index (Phi) is 1.72. The number of hydrogen-bond donors (Lipinski definition) is 0. The largest absolute Gasteiger partial charge is 0.319 e. The van der Waals surface area contributed by atoms with Crippen molar-refractivity contribution in [2.24, 2.45) is 0 Å². The first kappa shape index (κ1) is 6.81. The van der Waals surface area contributed by atoms with Crippen molar-refractivity contribution >= 4 is 0 Å². The molecule has 52 valence electrons. The van der Waals surface area contributed by atoms with E-state index >= 15 is 0 Å². The van der Waals surface area contributed by atoms with Crippen LogP contribution in [0.2, 0.25) is 0 Å². The van der Waals surface area contributed by atoms with Gasteiger partial charge in [0.25, 0.3) is 0 Å². The predicted octanol–water partition coefficient (Wildman–Crippen LogP) is 1.28. The van der Waals surface area contributed by atoms with E-state index in [4.69, 9.17) is 5.26 Å². The highest BCUT2D eigenvalue weighted by atomic mass is 15.1. The predicted molar refractivity (Wildman–Crippen MR) is 37.3 cm³/mol. The average molecular weight is 135 g/mol. The lowest BCUT2D eigenvalue weighted by Crippen LogP contribution is -2.02. The summed E-state index contributed by atoms with van der Waals surface area (Å²) in [5.41, 5.74) is 0. The minimum Gasteiger partial charge on any atom is -0.319 e. The molecule has 0 saturated heterocycles. The Morgan fingerprint density at radius 2 is 2.50 bits per heavy atom. The Morgan fingerprint density at radius 1 is 1.80 bits per heavy atom. The topological polar surface area (TPSA) is 41.6 Å². The van der Waals surface area contributed by atoms with E-state index in [1.54, 1.807) is 6.20 Å². The summed E-state index contributed by atoms with van der Waals surface area (Å²) in [5.74, 6) is 0.883. The number of nitrogens with zero attached hydrogens (tertiary/aromatic N) is 3. The highest BCUT2D eigenvalue weighted by Crippen LogP contribution is 2.05. The molecule has 10 heavy (non-hydrogen) atoms. The van der Waals surface area contributed by atoms with Crippen molar-refractivity contribution in [3.05, 3.63) is 18.2 Å². The fourth-order valence-electron chi connectivity index (χ4n) is 0.859. The van der Waals surface area contributed by atoms with Crippen LogP contribution in [0.5, 0.6) is 0 Å². The van der Waals surface area contributed by atoms with Crippen molar-refractivity contribution in [2.45, 2.75) is 19.9 Å². The molecular weight excluding hydrogens is 126 g/mol. The second-order valence-corrected chi connectivity index (χ2v) is 2.19. The van der Waals surface area contributed by atoms with E-state index in [0.717, 1.165) is 5.82 Å². The maximum Gasteiger partial charge on any atom is 0.119 e. The van der Waals surface area contributed by atoms with Crippen molar-refractivity contribution in [1.29, 1.82) is 5.26 Å². The van der Waals surface area contributed by atoms with Gasteiger partial charge >= 0.3 is 0 Å². The van der Waals surface area contributed by atoms with E-state index in [1.807, 2.05) is 24.6 Å². The van der Waals surface area contributed by atoms with Crippen molar-refractivity contribution in [3.63, 3.8) is 0 Å². The third-order valence-electron chi connectivity index (χ3n) is 1.47. The Bertz CT molecular complexity index is 256. The Balaban J connectivity index is 2.96. The molecule has 0 spiro atoms. The molecule has 0 aliphatic rings. The molecule has 1 aromatic heterocycles. The van der Waals surface area contributed by atoms with Crippen LogP contribution in [0.1, 0.15) is 18.8 Å². The molecule has 1 heterocycles. The number of rotatable bonds is 1. The lowest BCUT2D eigenvalue weighted by atomic mass is 10.4. The van der Waals surface area contributed by atoms with Crippen LogP contribution in [-0.2, 0) is 0 Å². The normalized spacial score (nSPS) is 12.5. The maximum absolute atomic E-state index is 8.53. The van der Waals surface area contributed by atoms with Gasteiger partial charge < -0.3 is 4.57 Å². The zero-order valence-electron chi connectivity index (χ0n) is 6.07. The van der Waals surface area contributed by atoms with E-state index in [9.17, 15) is 0 Å². The first-order valence-electron chi connectivity index (χ1n) is 3.14. The third kappa shape index (κ3) is 1.01. The van der Waals surface area contributed by atoms with E-state index < -0.39 is 0 Å². The third-order valence-corrected chi connectivity index (χ3v) is 1.47. The smallest absolute Gasteiger partial charge is 0.119 e. The van der Waals surface area contributed by atoms with Crippen LogP contribution in [0, 0.1) is 18.3 Å². The Hall–Kier alpha value is -1.30. The van der Waals surface area contributed by atoms with Crippen LogP contribution in [0.25, 0.3) is 0 Å². The highest BCUT2D eigenvalue weighted by molar-refractivity contribution is 4.97. The van der Waals surface area contributed by atoms with Gasteiger partial charge in [-0.2, -0.15) is 5.26 Å². The first-order chi connectivity index (χ1) is 4.75. The van der Waals surface area contributed by atoms with Crippen molar-refractivity contribution < 1.29 is 0 Å². The molecule has 0 aromatic carbocycles. The lowest BCUT2D eigenvalue weighted by Gasteiger charge is -2.04. The lowest BCUT2D eigenvalue weighted by molar-refractivity contribution is 0.650. The minimum atomic E-state index is -0.109. The summed E-state index contributed by atoms with van der Waals surface area (Å²) < 4.78 is 1.83. The molecule has 0 fully saturated rings. The minimum absolute atomic E-state index is 0.109. The van der Waals surface area contributed by atoms with Crippen LogP contribution in [0.4, 0.5) is 0 Å². The van der Waals surface area contributed by atoms with Gasteiger partial charge in [-0.05, 0) is 13.8 Å². The fourth-order valence-corrected chi connectivity index (χ4v) is 0.859. The second kappa shape index (κ2) is 2.53. The van der Waals surface area contributed by atoms with E-state index in [0.29, 0.717) is 0 Å². The molecule has 1 aromatic rings. The van der Waals surface area contributed by atoms with E-state index in [2.05, 4.69) is 11.1 Å². The fraction of sp³-hybridized carbons (Fsp3) is 0.429. The monoisotopic (exact) mass is 135 g/mol. The summed E-state index contributed by atoms with van der Waals surface area (Å²) in [6, 6.07) is 2.02. The van der Waals surface area contributed by atoms with Gasteiger partial charge in [-0.1, -0.05) is 0 Å². The van der Waals surface area contributed by atoms with Gasteiger partial charge in [0.15, 0.2) is 0 Å². The summed E-state index contributed by atoms with van der Waals surface area (Å²) in [5, 5.41) is 8.53.